The number of quaternary nitrogens is 1. The number of hydrogen-bond acceptors (Lipinski definition) is 6. The van der Waals surface area contributed by atoms with Gasteiger partial charge in [0.2, 0.25) is 5.69 Å². The molecule has 0 bridgehead atoms. The molecule has 16 heteroatoms. The Balaban J connectivity index is 1.42. The number of fused-ring (bicyclic) bond motifs is 3. The van der Waals surface area contributed by atoms with Crippen molar-refractivity contribution < 1.29 is 40.1 Å². The summed E-state index contributed by atoms with van der Waals surface area (Å²) in [5.74, 6) is -0.476. The predicted octanol–water partition coefficient (Wildman–Crippen LogP) is 4.53. The fourth-order valence-electron chi connectivity index (χ4n) is 7.17. The number of urea groups is 2. The lowest BCUT2D eigenvalue weighted by Gasteiger charge is -2.21. The molecule has 2 aromatic rings. The molecule has 2 aromatic carbocycles. The van der Waals surface area contributed by atoms with Crippen LogP contribution in [-0.2, 0) is 31.1 Å². The highest BCUT2D eigenvalue weighted by atomic mass is 32.2. The van der Waals surface area contributed by atoms with Gasteiger partial charge >= 0.3 is 22.2 Å². The molecule has 5 rings (SSSR count). The van der Waals surface area contributed by atoms with Gasteiger partial charge in [0.25, 0.3) is 15.5 Å². The van der Waals surface area contributed by atoms with Gasteiger partial charge in [-0.25, -0.2) is 14.1 Å². The Hall–Kier alpha value is -4.61. The Morgan fingerprint density at radius 2 is 1.41 bits per heavy atom. The summed E-state index contributed by atoms with van der Waals surface area (Å²) < 4.78 is 69.5. The molecule has 1 fully saturated rings. The molecule has 2 atom stereocenters. The van der Waals surface area contributed by atoms with Gasteiger partial charge in [0.1, 0.15) is 17.1 Å². The maximum Gasteiger partial charge on any atom is 0.326 e. The van der Waals surface area contributed by atoms with Gasteiger partial charge in [0.15, 0.2) is 18.8 Å². The van der Waals surface area contributed by atoms with Crippen LogP contribution in [0.3, 0.4) is 0 Å². The molecular weight excluding hydrogens is 697 g/mol. The zero-order valence-corrected chi connectivity index (χ0v) is 30.9. The van der Waals surface area contributed by atoms with Crippen molar-refractivity contribution in [1.29, 1.82) is 0 Å². The molecular formula is C35H44N6O8S2+2. The van der Waals surface area contributed by atoms with Crippen LogP contribution in [0, 0.1) is 0 Å². The second kappa shape index (κ2) is 13.5. The minimum atomic E-state index is -4.36. The molecule has 0 radical (unpaired) electrons. The summed E-state index contributed by atoms with van der Waals surface area (Å²) in [6.07, 6.45) is 12.7. The molecule has 1 saturated heterocycles. The first-order valence-electron chi connectivity index (χ1n) is 16.2. The van der Waals surface area contributed by atoms with E-state index in [1.54, 1.807) is 48.6 Å². The molecule has 272 valence electrons. The molecule has 0 saturated carbocycles. The Labute approximate surface area is 298 Å². The normalized spacial score (nSPS) is 22.6. The minimum Gasteiger partial charge on any atom is -0.341 e. The number of benzene rings is 2. The first-order valence-corrected chi connectivity index (χ1v) is 19.3. The summed E-state index contributed by atoms with van der Waals surface area (Å²) in [6, 6.07) is 9.96. The highest BCUT2D eigenvalue weighted by Crippen LogP contribution is 2.61. The number of nitrogens with zero attached hydrogens (tertiary/aromatic N) is 2. The lowest BCUT2D eigenvalue weighted by Crippen LogP contribution is -2.33. The molecule has 0 aliphatic carbocycles. The fraction of sp³-hybridized carbons (Fsp3) is 0.343. The van der Waals surface area contributed by atoms with Crippen LogP contribution in [0.25, 0.3) is 0 Å². The topological polar surface area (TPSA) is 194 Å². The first-order chi connectivity index (χ1) is 23.8. The van der Waals surface area contributed by atoms with Crippen LogP contribution >= 0.6 is 0 Å². The van der Waals surface area contributed by atoms with Crippen LogP contribution in [0.1, 0.15) is 38.8 Å². The third-order valence-corrected chi connectivity index (χ3v) is 11.6. The number of carbonyl (C=O) groups excluding carboxylic acids is 2. The lowest BCUT2D eigenvalue weighted by molar-refractivity contribution is -0.432. The van der Waals surface area contributed by atoms with E-state index in [9.17, 15) is 35.5 Å². The summed E-state index contributed by atoms with van der Waals surface area (Å²) in [5, 5.41) is 9.51. The van der Waals surface area contributed by atoms with Gasteiger partial charge in [-0.05, 0) is 58.0 Å². The number of rotatable bonds is 10. The SMILES string of the molecule is CNC(=O)Nc1ccc2c(c1)C(C)(C)C(/C=C/C=C/C=C/C=C1\C(C)(C)c3cc(NC(=O)NC)ccc3[N+]13CC3S(=O)(=O)O)=[N+]2CCS(=O)(=O)O. The zero-order chi connectivity index (χ0) is 37.6. The fourth-order valence-corrected chi connectivity index (χ4v) is 8.69. The van der Waals surface area contributed by atoms with Crippen molar-refractivity contribution in [2.24, 2.45) is 0 Å². The number of anilines is 2. The second-order valence-corrected chi connectivity index (χ2v) is 16.8. The molecule has 1 spiro atoms. The van der Waals surface area contributed by atoms with Gasteiger partial charge < -0.3 is 21.3 Å². The molecule has 51 heavy (non-hydrogen) atoms. The molecule has 4 amide bonds. The zero-order valence-electron chi connectivity index (χ0n) is 29.3. The van der Waals surface area contributed by atoms with Gasteiger partial charge in [-0.15, -0.1) is 0 Å². The average molecular weight is 741 g/mol. The van der Waals surface area contributed by atoms with Crippen LogP contribution in [0.4, 0.5) is 32.3 Å². The molecule has 3 heterocycles. The van der Waals surface area contributed by atoms with Crippen LogP contribution in [0.5, 0.6) is 0 Å². The molecule has 3 aliphatic heterocycles. The smallest absolute Gasteiger partial charge is 0.326 e. The van der Waals surface area contributed by atoms with E-state index >= 15 is 0 Å². The van der Waals surface area contributed by atoms with E-state index in [2.05, 4.69) is 21.3 Å². The van der Waals surface area contributed by atoms with E-state index in [0.717, 1.165) is 33.9 Å². The minimum absolute atomic E-state index is 0.0143. The second-order valence-electron chi connectivity index (χ2n) is 13.6. The molecule has 14 nitrogen and oxygen atoms in total. The number of amides is 4. The van der Waals surface area contributed by atoms with E-state index in [0.29, 0.717) is 11.4 Å². The summed E-state index contributed by atoms with van der Waals surface area (Å²) in [4.78, 5) is 23.9. The maximum atomic E-state index is 12.4. The number of hydrogen-bond donors (Lipinski definition) is 6. The van der Waals surface area contributed by atoms with Crippen molar-refractivity contribution in [1.82, 2.24) is 15.1 Å². The van der Waals surface area contributed by atoms with Gasteiger partial charge in [0, 0.05) is 54.8 Å². The standard InChI is InChI=1S/C35H42N6O8S2/c1-34(2)25-20-23(38-32(42)36-5)14-16-27(25)40(18-19-50(44,45)46)29(34)12-10-8-7-9-11-13-30-35(3,4)26-21-24(39-33(43)37-6)15-17-28(26)41(30)22-31(41)51(47,48)49/h7-17,20-21,31H,18-19,22H2,1-6H3,(H4-2,36,37,38,39,42,43,44,45,46,47,48,49)/p+2/b8-7+,11-9+,12-10+,30-13+. The monoisotopic (exact) mass is 740 g/mol. The molecule has 2 unspecified atom stereocenters. The molecule has 3 aliphatic rings. The summed E-state index contributed by atoms with van der Waals surface area (Å²) in [5.41, 5.74) is 4.69. The van der Waals surface area contributed by atoms with Gasteiger partial charge in [-0.1, -0.05) is 30.4 Å². The summed E-state index contributed by atoms with van der Waals surface area (Å²) >= 11 is 0. The Bertz CT molecular complexity index is 2170. The Morgan fingerprint density at radius 3 is 1.98 bits per heavy atom. The van der Waals surface area contributed by atoms with Gasteiger partial charge in [-0.3, -0.25) is 9.11 Å². The number of nitrogens with one attached hydrogen (secondary N) is 4. The van der Waals surface area contributed by atoms with Crippen LogP contribution in [0.2, 0.25) is 0 Å². The highest BCUT2D eigenvalue weighted by Gasteiger charge is 2.73. The third-order valence-electron chi connectivity index (χ3n) is 9.70. The van der Waals surface area contributed by atoms with Crippen molar-refractivity contribution >= 4 is 60.8 Å². The maximum absolute atomic E-state index is 12.4. The van der Waals surface area contributed by atoms with E-state index in [-0.39, 0.29) is 29.6 Å². The van der Waals surface area contributed by atoms with Crippen molar-refractivity contribution in [2.75, 3.05) is 43.6 Å². The largest absolute Gasteiger partial charge is 0.341 e. The quantitative estimate of drug-likeness (QED) is 0.0672. The van der Waals surface area contributed by atoms with Crippen molar-refractivity contribution in [3.63, 3.8) is 0 Å². The highest BCUT2D eigenvalue weighted by molar-refractivity contribution is 7.86. The molecule has 0 aromatic heterocycles. The van der Waals surface area contributed by atoms with Gasteiger partial charge in [0.05, 0.1) is 10.8 Å². The van der Waals surface area contributed by atoms with E-state index in [1.807, 2.05) is 62.6 Å². The first kappa shape index (κ1) is 37.6. The molecule has 6 N–H and O–H groups in total. The Morgan fingerprint density at radius 1 is 0.843 bits per heavy atom. The van der Waals surface area contributed by atoms with Crippen molar-refractivity contribution in [3.05, 3.63) is 95.8 Å². The average Bonchev–Trinajstić information content (AvgIpc) is 3.73. The van der Waals surface area contributed by atoms with Crippen molar-refractivity contribution in [3.8, 4) is 0 Å². The van der Waals surface area contributed by atoms with E-state index in [1.165, 1.54) is 14.1 Å². The summed E-state index contributed by atoms with van der Waals surface area (Å²) in [6.45, 7) is 8.13. The predicted molar refractivity (Wildman–Crippen MR) is 199 cm³/mol. The van der Waals surface area contributed by atoms with E-state index < -0.39 is 42.2 Å². The van der Waals surface area contributed by atoms with Gasteiger partial charge in [-0.2, -0.15) is 21.4 Å². The van der Waals surface area contributed by atoms with Crippen LogP contribution in [0.15, 0.2) is 84.6 Å². The number of carbonyl (C=O) groups is 2. The lowest BCUT2D eigenvalue weighted by atomic mass is 9.81. The Kier molecular flexibility index (Phi) is 9.96. The van der Waals surface area contributed by atoms with E-state index in [4.69, 9.17) is 0 Å². The summed E-state index contributed by atoms with van der Waals surface area (Å²) in [7, 11) is -5.57. The third kappa shape index (κ3) is 7.27. The van der Waals surface area contributed by atoms with Crippen molar-refractivity contribution in [2.45, 2.75) is 43.9 Å². The number of allylic oxidation sites excluding steroid dienone is 8. The van der Waals surface area contributed by atoms with Crippen LogP contribution < -0.4 is 25.8 Å². The van der Waals surface area contributed by atoms with Crippen LogP contribution in [-0.4, -0.2) is 86.6 Å².